The van der Waals surface area contributed by atoms with Crippen LogP contribution in [0.4, 0.5) is 4.79 Å². The van der Waals surface area contributed by atoms with Gasteiger partial charge in [0.15, 0.2) is 0 Å². The van der Waals surface area contributed by atoms with E-state index in [0.29, 0.717) is 28.3 Å². The molecule has 0 unspecified atom stereocenters. The molecular formula is C21H28N2O5. The van der Waals surface area contributed by atoms with Crippen molar-refractivity contribution in [1.29, 1.82) is 0 Å². The Morgan fingerprint density at radius 1 is 1.07 bits per heavy atom. The lowest BCUT2D eigenvalue weighted by Crippen LogP contribution is -2.45. The van der Waals surface area contributed by atoms with Crippen molar-refractivity contribution in [2.24, 2.45) is 0 Å². The van der Waals surface area contributed by atoms with Gasteiger partial charge in [0.25, 0.3) is 0 Å². The van der Waals surface area contributed by atoms with Gasteiger partial charge < -0.3 is 24.8 Å². The third kappa shape index (κ3) is 4.40. The van der Waals surface area contributed by atoms with E-state index in [1.165, 1.54) is 12.8 Å². The average Bonchev–Trinajstić information content (AvgIpc) is 2.95. The smallest absolute Gasteiger partial charge is 0.338 e. The first-order chi connectivity index (χ1) is 13.5. The number of esters is 1. The van der Waals surface area contributed by atoms with Gasteiger partial charge in [0.2, 0.25) is 0 Å². The normalized spacial score (nSPS) is 20.7. The second-order valence-corrected chi connectivity index (χ2v) is 7.20. The quantitative estimate of drug-likeness (QED) is 0.595. The molecular weight excluding hydrogens is 360 g/mol. The standard InChI is InChI=1S/C21H28N2O5/c1-13-18(20(24)28-14-8-6-4-5-7-9-14)19(23-21(25)22-13)16-11-10-15(26-2)12-17(16)27-3/h10-12,14,19H,4-9H2,1-3H3,(H2,22,23,25)/t19-/m1/s1. The molecule has 1 aromatic carbocycles. The predicted molar refractivity (Wildman–Crippen MR) is 104 cm³/mol. The summed E-state index contributed by atoms with van der Waals surface area (Å²) in [6.07, 6.45) is 6.19. The lowest BCUT2D eigenvalue weighted by atomic mass is 9.94. The molecule has 0 radical (unpaired) electrons. The zero-order valence-electron chi connectivity index (χ0n) is 16.7. The molecule has 0 saturated heterocycles. The molecule has 2 N–H and O–H groups in total. The van der Waals surface area contributed by atoms with Crippen molar-refractivity contribution in [3.63, 3.8) is 0 Å². The van der Waals surface area contributed by atoms with Gasteiger partial charge in [0.05, 0.1) is 25.8 Å². The van der Waals surface area contributed by atoms with Gasteiger partial charge >= 0.3 is 12.0 Å². The van der Waals surface area contributed by atoms with Gasteiger partial charge in [-0.2, -0.15) is 0 Å². The number of hydrogen-bond donors (Lipinski definition) is 2. The van der Waals surface area contributed by atoms with Gasteiger partial charge in [-0.25, -0.2) is 9.59 Å². The van der Waals surface area contributed by atoms with Crippen LogP contribution in [0.25, 0.3) is 0 Å². The molecule has 7 nitrogen and oxygen atoms in total. The number of rotatable bonds is 5. The highest BCUT2D eigenvalue weighted by molar-refractivity contribution is 5.95. The van der Waals surface area contributed by atoms with Crippen molar-refractivity contribution in [3.05, 3.63) is 35.0 Å². The summed E-state index contributed by atoms with van der Waals surface area (Å²) in [5, 5.41) is 5.51. The van der Waals surface area contributed by atoms with Crippen LogP contribution in [-0.4, -0.2) is 32.3 Å². The summed E-state index contributed by atoms with van der Waals surface area (Å²) in [4.78, 5) is 25.2. The van der Waals surface area contributed by atoms with Gasteiger partial charge in [-0.05, 0) is 44.7 Å². The number of methoxy groups -OCH3 is 2. The Labute approximate surface area is 165 Å². The zero-order valence-corrected chi connectivity index (χ0v) is 16.7. The Kier molecular flexibility index (Phi) is 6.44. The van der Waals surface area contributed by atoms with Crippen molar-refractivity contribution in [3.8, 4) is 11.5 Å². The van der Waals surface area contributed by atoms with Gasteiger partial charge in [-0.3, -0.25) is 0 Å². The van der Waals surface area contributed by atoms with E-state index in [9.17, 15) is 9.59 Å². The van der Waals surface area contributed by atoms with Crippen molar-refractivity contribution >= 4 is 12.0 Å². The Balaban J connectivity index is 1.91. The van der Waals surface area contributed by atoms with E-state index in [4.69, 9.17) is 14.2 Å². The summed E-state index contributed by atoms with van der Waals surface area (Å²) in [6, 6.07) is 4.27. The van der Waals surface area contributed by atoms with E-state index in [1.54, 1.807) is 39.3 Å². The molecule has 1 aliphatic heterocycles. The molecule has 2 amide bonds. The van der Waals surface area contributed by atoms with Gasteiger partial charge in [0, 0.05) is 17.3 Å². The second-order valence-electron chi connectivity index (χ2n) is 7.20. The topological polar surface area (TPSA) is 85.9 Å². The third-order valence-electron chi connectivity index (χ3n) is 5.32. The van der Waals surface area contributed by atoms with Crippen LogP contribution in [0.1, 0.15) is 57.1 Å². The number of amides is 2. The van der Waals surface area contributed by atoms with E-state index in [0.717, 1.165) is 25.7 Å². The maximum atomic E-state index is 13.1. The summed E-state index contributed by atoms with van der Waals surface area (Å²) >= 11 is 0. The van der Waals surface area contributed by atoms with Crippen LogP contribution in [0.15, 0.2) is 29.5 Å². The summed E-state index contributed by atoms with van der Waals surface area (Å²) in [6.45, 7) is 1.71. The average molecular weight is 388 g/mol. The van der Waals surface area contributed by atoms with E-state index >= 15 is 0 Å². The molecule has 1 fully saturated rings. The second kappa shape index (κ2) is 8.99. The van der Waals surface area contributed by atoms with Crippen molar-refractivity contribution in [2.45, 2.75) is 57.6 Å². The Hall–Kier alpha value is -2.70. The van der Waals surface area contributed by atoms with E-state index in [-0.39, 0.29) is 12.1 Å². The molecule has 1 aromatic rings. The molecule has 2 aliphatic rings. The number of allylic oxidation sites excluding steroid dienone is 1. The van der Waals surface area contributed by atoms with Gasteiger partial charge in [0.1, 0.15) is 17.6 Å². The molecule has 152 valence electrons. The summed E-state index contributed by atoms with van der Waals surface area (Å²) < 4.78 is 16.6. The Morgan fingerprint density at radius 2 is 1.79 bits per heavy atom. The Bertz CT molecular complexity index is 766. The van der Waals surface area contributed by atoms with Crippen molar-refractivity contribution in [1.82, 2.24) is 10.6 Å². The SMILES string of the molecule is COc1ccc([C@H]2NC(=O)NC(C)=C2C(=O)OC2CCCCCC2)c(OC)c1. The van der Waals surface area contributed by atoms with Crippen LogP contribution in [0.2, 0.25) is 0 Å². The fraction of sp³-hybridized carbons (Fsp3) is 0.524. The van der Waals surface area contributed by atoms with E-state index < -0.39 is 12.0 Å². The third-order valence-corrected chi connectivity index (χ3v) is 5.32. The molecule has 28 heavy (non-hydrogen) atoms. The largest absolute Gasteiger partial charge is 0.497 e. The highest BCUT2D eigenvalue weighted by atomic mass is 16.5. The van der Waals surface area contributed by atoms with Gasteiger partial charge in [-0.15, -0.1) is 0 Å². The molecule has 0 spiro atoms. The number of carbonyl (C=O) groups excluding carboxylic acids is 2. The van der Waals surface area contributed by atoms with E-state index in [1.807, 2.05) is 0 Å². The highest BCUT2D eigenvalue weighted by Gasteiger charge is 2.35. The summed E-state index contributed by atoms with van der Waals surface area (Å²) in [5.74, 6) is 0.753. The maximum absolute atomic E-state index is 13.1. The minimum Gasteiger partial charge on any atom is -0.497 e. The molecule has 7 heteroatoms. The number of nitrogens with one attached hydrogen (secondary N) is 2. The van der Waals surface area contributed by atoms with Crippen molar-refractivity contribution in [2.75, 3.05) is 14.2 Å². The summed E-state index contributed by atoms with van der Waals surface area (Å²) in [5.41, 5.74) is 1.56. The first kappa shape index (κ1) is 20.0. The molecule has 0 aromatic heterocycles. The molecule has 1 saturated carbocycles. The van der Waals surface area contributed by atoms with Crippen molar-refractivity contribution < 1.29 is 23.8 Å². The molecule has 3 rings (SSSR count). The molecule has 1 aliphatic carbocycles. The molecule has 1 heterocycles. The van der Waals surface area contributed by atoms with Crippen LogP contribution in [-0.2, 0) is 9.53 Å². The van der Waals surface area contributed by atoms with Gasteiger partial charge in [-0.1, -0.05) is 12.8 Å². The number of benzene rings is 1. The first-order valence-corrected chi connectivity index (χ1v) is 9.74. The minimum absolute atomic E-state index is 0.0775. The maximum Gasteiger partial charge on any atom is 0.338 e. The number of ether oxygens (including phenoxy) is 3. The lowest BCUT2D eigenvalue weighted by molar-refractivity contribution is -0.145. The fourth-order valence-corrected chi connectivity index (χ4v) is 3.83. The molecule has 1 atom stereocenters. The monoisotopic (exact) mass is 388 g/mol. The minimum atomic E-state index is -0.659. The zero-order chi connectivity index (χ0) is 20.1. The Morgan fingerprint density at radius 3 is 2.43 bits per heavy atom. The van der Waals surface area contributed by atoms with Crippen LogP contribution in [0, 0.1) is 0 Å². The van der Waals surface area contributed by atoms with Crippen LogP contribution in [0.3, 0.4) is 0 Å². The predicted octanol–water partition coefficient (Wildman–Crippen LogP) is 3.60. The van der Waals surface area contributed by atoms with Crippen LogP contribution < -0.4 is 20.1 Å². The number of carbonyl (C=O) groups is 2. The lowest BCUT2D eigenvalue weighted by Gasteiger charge is -2.30. The number of hydrogen-bond acceptors (Lipinski definition) is 5. The van der Waals surface area contributed by atoms with E-state index in [2.05, 4.69) is 10.6 Å². The first-order valence-electron chi connectivity index (χ1n) is 9.74. The molecule has 0 bridgehead atoms. The highest BCUT2D eigenvalue weighted by Crippen LogP contribution is 2.36. The van der Waals surface area contributed by atoms with Crippen LogP contribution >= 0.6 is 0 Å². The number of urea groups is 1. The summed E-state index contributed by atoms with van der Waals surface area (Å²) in [7, 11) is 3.11. The van der Waals surface area contributed by atoms with Crippen LogP contribution in [0.5, 0.6) is 11.5 Å². The fourth-order valence-electron chi connectivity index (χ4n) is 3.83.